The smallest absolute Gasteiger partial charge is 0.337 e. The van der Waals surface area contributed by atoms with Gasteiger partial charge in [0.25, 0.3) is 0 Å². The van der Waals surface area contributed by atoms with Crippen LogP contribution < -0.4 is 0 Å². The van der Waals surface area contributed by atoms with Crippen LogP contribution >= 0.6 is 0 Å². The van der Waals surface area contributed by atoms with E-state index in [1.807, 2.05) is 0 Å². The van der Waals surface area contributed by atoms with Crippen LogP contribution in [0.15, 0.2) is 48.5 Å². The minimum absolute atomic E-state index is 0.0829. The van der Waals surface area contributed by atoms with Crippen molar-refractivity contribution >= 4 is 35.8 Å². The molecule has 2 atom stereocenters. The number of rotatable bonds is 15. The second-order valence-corrected chi connectivity index (χ2v) is 9.24. The van der Waals surface area contributed by atoms with Crippen molar-refractivity contribution in [2.24, 2.45) is 11.8 Å². The molecular weight excluding hydrogens is 576 g/mol. The van der Waals surface area contributed by atoms with Crippen molar-refractivity contribution < 1.29 is 57.2 Å². The summed E-state index contributed by atoms with van der Waals surface area (Å²) < 4.78 is 30.7. The van der Waals surface area contributed by atoms with Crippen LogP contribution in [0, 0.1) is 11.8 Å². The largest absolute Gasteiger partial charge is 0.465 e. The van der Waals surface area contributed by atoms with Gasteiger partial charge >= 0.3 is 35.8 Å². The summed E-state index contributed by atoms with van der Waals surface area (Å²) in [5.74, 6) is -11.1. The Morgan fingerprint density at radius 3 is 0.932 bits per heavy atom. The summed E-state index contributed by atoms with van der Waals surface area (Å²) >= 11 is 0. The maximum absolute atomic E-state index is 13.5. The van der Waals surface area contributed by atoms with E-state index in [0.29, 0.717) is 0 Å². The summed E-state index contributed by atoms with van der Waals surface area (Å²) in [4.78, 5) is 78.5. The molecule has 0 bridgehead atoms. The van der Waals surface area contributed by atoms with Gasteiger partial charge in [-0.25, -0.2) is 9.59 Å². The summed E-state index contributed by atoms with van der Waals surface area (Å²) in [5, 5.41) is 0. The summed E-state index contributed by atoms with van der Waals surface area (Å²) in [6.07, 6.45) is 0. The lowest BCUT2D eigenvalue weighted by Gasteiger charge is -2.35. The summed E-state index contributed by atoms with van der Waals surface area (Å²) in [6, 6.07) is 11.6. The summed E-state index contributed by atoms with van der Waals surface area (Å²) in [6.45, 7) is 5.90. The van der Waals surface area contributed by atoms with Crippen molar-refractivity contribution in [1.29, 1.82) is 0 Å². The van der Waals surface area contributed by atoms with E-state index in [-0.39, 0.29) is 48.7 Å². The molecule has 0 fully saturated rings. The van der Waals surface area contributed by atoms with E-state index in [0.717, 1.165) is 0 Å². The third kappa shape index (κ3) is 8.65. The first kappa shape index (κ1) is 35.5. The topological polar surface area (TPSA) is 158 Å². The van der Waals surface area contributed by atoms with Crippen LogP contribution in [0.1, 0.15) is 71.4 Å². The highest BCUT2D eigenvalue weighted by Gasteiger charge is 2.50. The predicted molar refractivity (Wildman–Crippen MR) is 155 cm³/mol. The van der Waals surface area contributed by atoms with E-state index in [9.17, 15) is 28.8 Å². The van der Waals surface area contributed by atoms with E-state index < -0.39 is 59.5 Å². The van der Waals surface area contributed by atoms with Gasteiger partial charge in [0.1, 0.15) is 0 Å². The van der Waals surface area contributed by atoms with Gasteiger partial charge in [-0.2, -0.15) is 0 Å². The third-order valence-corrected chi connectivity index (χ3v) is 6.70. The molecule has 0 saturated heterocycles. The standard InChI is InChI=1S/C32H38O12/c1-7-41-29(35)25(30(36)42-8-2)23(19-11-15-21(16-12-19)27(33)39-5)24(20-13-17-22(18-14-20)28(34)40-6)26(31(37)43-9-3)32(38)44-10-4/h11-18,23-26H,7-10H2,1-6H3/t23-,24+. The first-order chi connectivity index (χ1) is 21.1. The van der Waals surface area contributed by atoms with E-state index >= 15 is 0 Å². The molecule has 12 heteroatoms. The molecule has 2 rings (SSSR count). The molecule has 0 aliphatic carbocycles. The number of carbonyl (C=O) groups excluding carboxylic acids is 6. The Hall–Kier alpha value is -4.74. The Morgan fingerprint density at radius 1 is 0.477 bits per heavy atom. The Bertz CT molecular complexity index is 1160. The average molecular weight is 615 g/mol. The Morgan fingerprint density at radius 2 is 0.727 bits per heavy atom. The maximum Gasteiger partial charge on any atom is 0.337 e. The number of esters is 6. The second kappa shape index (κ2) is 17.4. The quantitative estimate of drug-likeness (QED) is 0.163. The maximum atomic E-state index is 13.5. The van der Waals surface area contributed by atoms with Gasteiger partial charge < -0.3 is 28.4 Å². The molecule has 0 aliphatic heterocycles. The number of benzene rings is 2. The molecule has 0 spiro atoms. The van der Waals surface area contributed by atoms with Gasteiger partial charge in [0.2, 0.25) is 0 Å². The monoisotopic (exact) mass is 614 g/mol. The molecule has 0 saturated carbocycles. The molecule has 0 radical (unpaired) electrons. The zero-order chi connectivity index (χ0) is 32.8. The fraction of sp³-hybridized carbons (Fsp3) is 0.438. The van der Waals surface area contributed by atoms with E-state index in [1.165, 1.54) is 62.8 Å². The number of carbonyl (C=O) groups is 6. The van der Waals surface area contributed by atoms with Crippen molar-refractivity contribution in [3.8, 4) is 0 Å². The Kier molecular flexibility index (Phi) is 14.0. The molecule has 238 valence electrons. The minimum Gasteiger partial charge on any atom is -0.465 e. The van der Waals surface area contributed by atoms with Crippen LogP contribution in [0.4, 0.5) is 0 Å². The van der Waals surface area contributed by atoms with Crippen molar-refractivity contribution in [1.82, 2.24) is 0 Å². The van der Waals surface area contributed by atoms with E-state index in [2.05, 4.69) is 0 Å². The van der Waals surface area contributed by atoms with Crippen molar-refractivity contribution in [2.75, 3.05) is 40.6 Å². The van der Waals surface area contributed by atoms with Gasteiger partial charge in [-0.15, -0.1) is 0 Å². The summed E-state index contributed by atoms with van der Waals surface area (Å²) in [7, 11) is 2.43. The molecule has 0 N–H and O–H groups in total. The molecule has 0 amide bonds. The van der Waals surface area contributed by atoms with Crippen LogP contribution in [0.2, 0.25) is 0 Å². The molecule has 44 heavy (non-hydrogen) atoms. The number of methoxy groups -OCH3 is 2. The van der Waals surface area contributed by atoms with Gasteiger partial charge in [0.15, 0.2) is 11.8 Å². The van der Waals surface area contributed by atoms with E-state index in [1.54, 1.807) is 27.7 Å². The van der Waals surface area contributed by atoms with Gasteiger partial charge in [-0.3, -0.25) is 19.2 Å². The first-order valence-electron chi connectivity index (χ1n) is 14.1. The minimum atomic E-state index is -1.68. The van der Waals surface area contributed by atoms with Crippen molar-refractivity contribution in [3.05, 3.63) is 70.8 Å². The van der Waals surface area contributed by atoms with Crippen molar-refractivity contribution in [3.63, 3.8) is 0 Å². The highest BCUT2D eigenvalue weighted by Crippen LogP contribution is 2.45. The predicted octanol–water partition coefficient (Wildman–Crippen LogP) is 3.61. The first-order valence-corrected chi connectivity index (χ1v) is 14.1. The van der Waals surface area contributed by atoms with Gasteiger partial charge in [0, 0.05) is 11.8 Å². The Balaban J connectivity index is 3.03. The molecule has 2 aromatic carbocycles. The number of ether oxygens (including phenoxy) is 6. The van der Waals surface area contributed by atoms with Crippen LogP contribution in [-0.2, 0) is 47.6 Å². The SMILES string of the molecule is CCOC(=O)C(C(=O)OCC)[C@@H](c1ccc(C(=O)OC)cc1)[C@@H](c1ccc(C(=O)OC)cc1)C(C(=O)OCC)C(=O)OCC. The zero-order valence-corrected chi connectivity index (χ0v) is 25.7. The zero-order valence-electron chi connectivity index (χ0n) is 25.7. The molecular formula is C32H38O12. The van der Waals surface area contributed by atoms with Crippen LogP contribution in [0.5, 0.6) is 0 Å². The molecule has 0 aliphatic rings. The molecule has 12 nitrogen and oxygen atoms in total. The average Bonchev–Trinajstić information content (AvgIpc) is 3.02. The number of hydrogen-bond acceptors (Lipinski definition) is 12. The number of hydrogen-bond donors (Lipinski definition) is 0. The molecule has 2 aromatic rings. The lowest BCUT2D eigenvalue weighted by molar-refractivity contribution is -0.169. The fourth-order valence-electron chi connectivity index (χ4n) is 4.84. The highest BCUT2D eigenvalue weighted by atomic mass is 16.6. The normalized spacial score (nSPS) is 12.1. The third-order valence-electron chi connectivity index (χ3n) is 6.70. The van der Waals surface area contributed by atoms with Gasteiger partial charge in [-0.1, -0.05) is 24.3 Å². The molecule has 0 unspecified atom stereocenters. The van der Waals surface area contributed by atoms with Gasteiger partial charge in [0.05, 0.1) is 51.8 Å². The lowest BCUT2D eigenvalue weighted by Crippen LogP contribution is -2.42. The lowest BCUT2D eigenvalue weighted by atomic mass is 9.68. The Labute approximate surface area is 255 Å². The van der Waals surface area contributed by atoms with Crippen LogP contribution in [-0.4, -0.2) is 76.5 Å². The van der Waals surface area contributed by atoms with Crippen molar-refractivity contribution in [2.45, 2.75) is 39.5 Å². The highest BCUT2D eigenvalue weighted by molar-refractivity contribution is 5.99. The van der Waals surface area contributed by atoms with Gasteiger partial charge in [-0.05, 0) is 63.1 Å². The second-order valence-electron chi connectivity index (χ2n) is 9.24. The van der Waals surface area contributed by atoms with Crippen LogP contribution in [0.25, 0.3) is 0 Å². The fourth-order valence-corrected chi connectivity index (χ4v) is 4.84. The molecule has 0 aromatic heterocycles. The molecule has 0 heterocycles. The van der Waals surface area contributed by atoms with E-state index in [4.69, 9.17) is 28.4 Å². The van der Waals surface area contributed by atoms with Crippen LogP contribution in [0.3, 0.4) is 0 Å². The summed E-state index contributed by atoms with van der Waals surface area (Å²) in [5.41, 5.74) is 0.907.